The van der Waals surface area contributed by atoms with Crippen LogP contribution in [0, 0.1) is 0 Å². The smallest absolute Gasteiger partial charge is 0.306 e. The molecule has 34 heavy (non-hydrogen) atoms. The number of hydrogen-bond donors (Lipinski definition) is 0. The Hall–Kier alpha value is -1.36. The predicted octanol–water partition coefficient (Wildman–Crippen LogP) is 6.34. The lowest BCUT2D eigenvalue weighted by Gasteiger charge is -2.29. The van der Waals surface area contributed by atoms with Crippen LogP contribution >= 0.6 is 0 Å². The summed E-state index contributed by atoms with van der Waals surface area (Å²) >= 11 is 0. The molecule has 0 aliphatic carbocycles. The molecular weight excluding hydrogens is 426 g/mol. The fourth-order valence-electron chi connectivity index (χ4n) is 4.23. The Labute approximate surface area is 210 Å². The molecule has 0 aromatic carbocycles. The average Bonchev–Trinajstić information content (AvgIpc) is 2.73. The minimum atomic E-state index is -1.18. The van der Waals surface area contributed by atoms with Crippen LogP contribution in [0.15, 0.2) is 12.2 Å². The number of esters is 1. The van der Waals surface area contributed by atoms with Crippen LogP contribution in [0.1, 0.15) is 129 Å². The number of carboxylic acid groups (broad SMARTS) is 1. The Morgan fingerprint density at radius 1 is 0.735 bits per heavy atom. The summed E-state index contributed by atoms with van der Waals surface area (Å²) in [5.74, 6) is -1.47. The molecular formula is C29H55NO4. The van der Waals surface area contributed by atoms with Crippen molar-refractivity contribution in [2.75, 3.05) is 27.7 Å². The number of likely N-dealkylation sites (N-methyl/N-ethyl adjacent to an activating group) is 1. The number of quaternary nitrogens is 1. The minimum absolute atomic E-state index is 0.240. The molecule has 0 spiro atoms. The summed E-state index contributed by atoms with van der Waals surface area (Å²) in [6, 6.07) is 0. The second kappa shape index (κ2) is 22.1. The van der Waals surface area contributed by atoms with E-state index in [1.807, 2.05) is 21.1 Å². The number of aliphatic carboxylic acids is 1. The Bertz CT molecular complexity index is 525. The van der Waals surface area contributed by atoms with Gasteiger partial charge in [-0.1, -0.05) is 96.1 Å². The maximum absolute atomic E-state index is 12.1. The van der Waals surface area contributed by atoms with Gasteiger partial charge in [-0.25, -0.2) is 0 Å². The molecule has 0 bridgehead atoms. The van der Waals surface area contributed by atoms with Gasteiger partial charge in [0, 0.05) is 18.8 Å². The van der Waals surface area contributed by atoms with Crippen molar-refractivity contribution in [2.24, 2.45) is 0 Å². The third-order valence-corrected chi connectivity index (χ3v) is 6.09. The second-order valence-electron chi connectivity index (χ2n) is 10.9. The van der Waals surface area contributed by atoms with Gasteiger partial charge in [0.2, 0.25) is 0 Å². The quantitative estimate of drug-likeness (QED) is 0.0698. The van der Waals surface area contributed by atoms with Gasteiger partial charge in [-0.15, -0.1) is 0 Å². The van der Waals surface area contributed by atoms with Crippen molar-refractivity contribution in [2.45, 2.75) is 135 Å². The van der Waals surface area contributed by atoms with Crippen LogP contribution in [0.25, 0.3) is 0 Å². The predicted molar refractivity (Wildman–Crippen MR) is 140 cm³/mol. The van der Waals surface area contributed by atoms with Crippen molar-refractivity contribution in [1.82, 2.24) is 0 Å². The highest BCUT2D eigenvalue weighted by atomic mass is 16.5. The van der Waals surface area contributed by atoms with Crippen LogP contribution < -0.4 is 5.11 Å². The van der Waals surface area contributed by atoms with Crippen molar-refractivity contribution in [3.8, 4) is 0 Å². The Morgan fingerprint density at radius 3 is 1.62 bits per heavy atom. The standard InChI is InChI=1S/C29H55NO4/c1-5-6-7-8-9-10-11-12-13-14-15-16-17-18-19-20-21-22-23-24-29(33)34-27(25-28(31)32)26-30(2,3)4/h14-15,27H,5-13,16-26H2,1-4H3/b15-14+. The highest BCUT2D eigenvalue weighted by molar-refractivity contribution is 5.70. The second-order valence-corrected chi connectivity index (χ2v) is 10.9. The molecule has 0 radical (unpaired) electrons. The van der Waals surface area contributed by atoms with Crippen molar-refractivity contribution in [3.63, 3.8) is 0 Å². The number of ether oxygens (including phenoxy) is 1. The molecule has 0 amide bonds. The zero-order valence-corrected chi connectivity index (χ0v) is 23.0. The summed E-state index contributed by atoms with van der Waals surface area (Å²) < 4.78 is 5.93. The molecule has 1 atom stereocenters. The molecule has 0 aromatic rings. The summed E-state index contributed by atoms with van der Waals surface area (Å²) in [4.78, 5) is 23.0. The number of allylic oxidation sites excluding steroid dienone is 2. The zero-order valence-electron chi connectivity index (χ0n) is 23.0. The molecule has 5 heteroatoms. The van der Waals surface area contributed by atoms with E-state index < -0.39 is 12.1 Å². The Balaban J connectivity index is 3.53. The maximum atomic E-state index is 12.1. The van der Waals surface area contributed by atoms with Gasteiger partial charge in [-0.05, 0) is 32.1 Å². The van der Waals surface area contributed by atoms with E-state index in [0.717, 1.165) is 19.3 Å². The van der Waals surface area contributed by atoms with Crippen LogP contribution in [0.5, 0.6) is 0 Å². The summed E-state index contributed by atoms with van der Waals surface area (Å²) in [6.45, 7) is 2.74. The van der Waals surface area contributed by atoms with Crippen molar-refractivity contribution in [3.05, 3.63) is 12.2 Å². The number of nitrogens with zero attached hydrogens (tertiary/aromatic N) is 1. The fourth-order valence-corrected chi connectivity index (χ4v) is 4.23. The van der Waals surface area contributed by atoms with Gasteiger partial charge in [0.1, 0.15) is 6.54 Å². The van der Waals surface area contributed by atoms with Gasteiger partial charge in [0.25, 0.3) is 0 Å². The molecule has 0 N–H and O–H groups in total. The maximum Gasteiger partial charge on any atom is 0.306 e. The van der Waals surface area contributed by atoms with E-state index in [0.29, 0.717) is 17.4 Å². The number of carbonyl (C=O) groups is 2. The van der Waals surface area contributed by atoms with Crippen molar-refractivity contribution in [1.29, 1.82) is 0 Å². The normalized spacial score (nSPS) is 12.8. The highest BCUT2D eigenvalue weighted by Crippen LogP contribution is 2.13. The molecule has 0 fully saturated rings. The zero-order chi connectivity index (χ0) is 25.5. The van der Waals surface area contributed by atoms with E-state index >= 15 is 0 Å². The highest BCUT2D eigenvalue weighted by Gasteiger charge is 2.22. The minimum Gasteiger partial charge on any atom is -0.550 e. The summed E-state index contributed by atoms with van der Waals surface area (Å²) in [6.07, 6.45) is 25.8. The molecule has 0 aliphatic rings. The van der Waals surface area contributed by atoms with Crippen molar-refractivity contribution < 1.29 is 23.9 Å². The first-order valence-electron chi connectivity index (χ1n) is 14.1. The van der Waals surface area contributed by atoms with Gasteiger partial charge in [-0.3, -0.25) is 4.79 Å². The summed E-state index contributed by atoms with van der Waals surface area (Å²) in [5, 5.41) is 10.9. The van der Waals surface area contributed by atoms with Crippen LogP contribution in [-0.2, 0) is 14.3 Å². The van der Waals surface area contributed by atoms with Crippen LogP contribution in [-0.4, -0.2) is 50.2 Å². The molecule has 0 aliphatic heterocycles. The molecule has 1 unspecified atom stereocenters. The lowest BCUT2D eigenvalue weighted by atomic mass is 10.1. The number of unbranched alkanes of at least 4 members (excludes halogenated alkanes) is 15. The lowest BCUT2D eigenvalue weighted by molar-refractivity contribution is -0.873. The van der Waals surface area contributed by atoms with Crippen LogP contribution in [0.4, 0.5) is 0 Å². The van der Waals surface area contributed by atoms with E-state index in [1.54, 1.807) is 0 Å². The number of carboxylic acids is 1. The third-order valence-electron chi connectivity index (χ3n) is 6.09. The molecule has 0 saturated carbocycles. The number of carbonyl (C=O) groups excluding carboxylic acids is 2. The number of hydrogen-bond acceptors (Lipinski definition) is 4. The largest absolute Gasteiger partial charge is 0.550 e. The Morgan fingerprint density at radius 2 is 1.18 bits per heavy atom. The van der Waals surface area contributed by atoms with E-state index in [9.17, 15) is 14.7 Å². The van der Waals surface area contributed by atoms with Gasteiger partial charge < -0.3 is 19.1 Å². The topological polar surface area (TPSA) is 66.4 Å². The molecule has 0 saturated heterocycles. The van der Waals surface area contributed by atoms with Gasteiger partial charge in [-0.2, -0.15) is 0 Å². The third kappa shape index (κ3) is 25.3. The van der Waals surface area contributed by atoms with E-state index in [-0.39, 0.29) is 12.4 Å². The SMILES string of the molecule is CCCCCCCCCC/C=C/CCCCCCCCCC(=O)OC(CC(=O)[O-])C[N+](C)(C)C. The molecule has 0 rings (SSSR count). The molecule has 0 heterocycles. The van der Waals surface area contributed by atoms with Crippen LogP contribution in [0.3, 0.4) is 0 Å². The summed E-state index contributed by atoms with van der Waals surface area (Å²) in [5.41, 5.74) is 0. The first-order valence-corrected chi connectivity index (χ1v) is 14.1. The summed E-state index contributed by atoms with van der Waals surface area (Å²) in [7, 11) is 5.85. The first-order chi connectivity index (χ1) is 16.2. The average molecular weight is 482 g/mol. The number of rotatable bonds is 24. The molecule has 5 nitrogen and oxygen atoms in total. The molecule has 200 valence electrons. The Kier molecular flexibility index (Phi) is 21.2. The lowest BCUT2D eigenvalue weighted by Crippen LogP contribution is -2.45. The van der Waals surface area contributed by atoms with E-state index in [4.69, 9.17) is 4.74 Å². The fraction of sp³-hybridized carbons (Fsp3) is 0.862. The monoisotopic (exact) mass is 481 g/mol. The van der Waals surface area contributed by atoms with E-state index in [1.165, 1.54) is 89.9 Å². The first kappa shape index (κ1) is 32.6. The van der Waals surface area contributed by atoms with Crippen molar-refractivity contribution >= 4 is 11.9 Å². The molecule has 0 aromatic heterocycles. The van der Waals surface area contributed by atoms with Gasteiger partial charge >= 0.3 is 5.97 Å². The van der Waals surface area contributed by atoms with Crippen LogP contribution in [0.2, 0.25) is 0 Å². The van der Waals surface area contributed by atoms with E-state index in [2.05, 4.69) is 19.1 Å². The van der Waals surface area contributed by atoms with Gasteiger partial charge in [0.15, 0.2) is 6.10 Å². The van der Waals surface area contributed by atoms with Gasteiger partial charge in [0.05, 0.1) is 21.1 Å².